The second-order valence-electron chi connectivity index (χ2n) is 2.74. The molecule has 0 bridgehead atoms. The van der Waals surface area contributed by atoms with E-state index in [2.05, 4.69) is 4.98 Å². The Balaban J connectivity index is 2.25. The zero-order valence-corrected chi connectivity index (χ0v) is 8.64. The van der Waals surface area contributed by atoms with Crippen LogP contribution in [0.4, 0.5) is 0 Å². The molecule has 1 aromatic heterocycles. The summed E-state index contributed by atoms with van der Waals surface area (Å²) in [7, 11) is 0. The molecule has 1 aromatic carbocycles. The van der Waals surface area contributed by atoms with Crippen LogP contribution >= 0.6 is 23.2 Å². The van der Waals surface area contributed by atoms with Crippen molar-refractivity contribution >= 4 is 23.2 Å². The molecule has 4 heteroatoms. The third-order valence-electron chi connectivity index (χ3n) is 1.63. The third-order valence-corrected chi connectivity index (χ3v) is 2.07. The second kappa shape index (κ2) is 3.95. The normalized spacial score (nSPS) is 10.1. The number of rotatable bonds is 2. The summed E-state index contributed by atoms with van der Waals surface area (Å²) >= 11 is 11.6. The van der Waals surface area contributed by atoms with Gasteiger partial charge >= 0.3 is 0 Å². The molecule has 0 saturated heterocycles. The fourth-order valence-electron chi connectivity index (χ4n) is 1.09. The van der Waals surface area contributed by atoms with Crippen LogP contribution in [0.1, 0.15) is 0 Å². The van der Waals surface area contributed by atoms with E-state index in [-0.39, 0.29) is 0 Å². The monoisotopic (exact) mass is 227 g/mol. The minimum absolute atomic E-state index is 0.555. The Bertz CT molecular complexity index is 405. The predicted molar refractivity (Wildman–Crippen MR) is 57.3 cm³/mol. The van der Waals surface area contributed by atoms with Gasteiger partial charge in [0.25, 0.3) is 0 Å². The van der Waals surface area contributed by atoms with Gasteiger partial charge in [0.2, 0.25) is 0 Å². The van der Waals surface area contributed by atoms with Gasteiger partial charge in [0.1, 0.15) is 5.75 Å². The van der Waals surface area contributed by atoms with Gasteiger partial charge in [0.05, 0.1) is 0 Å². The molecule has 2 rings (SSSR count). The van der Waals surface area contributed by atoms with Gasteiger partial charge < -0.3 is 9.72 Å². The molecule has 0 atom stereocenters. The molecule has 0 radical (unpaired) electrons. The van der Waals surface area contributed by atoms with Gasteiger partial charge in [-0.15, -0.1) is 0 Å². The summed E-state index contributed by atoms with van der Waals surface area (Å²) in [4.78, 5) is 2.92. The summed E-state index contributed by atoms with van der Waals surface area (Å²) in [5.74, 6) is 1.27. The van der Waals surface area contributed by atoms with E-state index < -0.39 is 0 Å². The number of hydrogen-bond acceptors (Lipinski definition) is 1. The van der Waals surface area contributed by atoms with E-state index in [1.54, 1.807) is 24.4 Å². The van der Waals surface area contributed by atoms with Crippen LogP contribution < -0.4 is 4.74 Å². The number of hydrogen-bond donors (Lipinski definition) is 1. The van der Waals surface area contributed by atoms with Crippen molar-refractivity contribution in [2.45, 2.75) is 0 Å². The minimum atomic E-state index is 0.555. The topological polar surface area (TPSA) is 25.0 Å². The van der Waals surface area contributed by atoms with E-state index in [1.165, 1.54) is 0 Å². The summed E-state index contributed by atoms with van der Waals surface area (Å²) in [6.45, 7) is 0. The molecule has 2 nitrogen and oxygen atoms in total. The maximum Gasteiger partial charge on any atom is 0.197 e. The molecule has 0 saturated carbocycles. The van der Waals surface area contributed by atoms with E-state index in [1.807, 2.05) is 12.1 Å². The van der Waals surface area contributed by atoms with Crippen LogP contribution in [-0.2, 0) is 0 Å². The Labute approximate surface area is 91.4 Å². The smallest absolute Gasteiger partial charge is 0.197 e. The number of benzene rings is 1. The maximum atomic E-state index is 5.82. The van der Waals surface area contributed by atoms with Gasteiger partial charge in [0.15, 0.2) is 5.88 Å². The minimum Gasteiger partial charge on any atom is -0.441 e. The van der Waals surface area contributed by atoms with Crippen LogP contribution in [0.2, 0.25) is 10.0 Å². The first-order valence-electron chi connectivity index (χ1n) is 4.01. The summed E-state index contributed by atoms with van der Waals surface area (Å²) in [5, 5.41) is 1.11. The number of aromatic nitrogens is 1. The van der Waals surface area contributed by atoms with Gasteiger partial charge in [0, 0.05) is 22.3 Å². The molecule has 14 heavy (non-hydrogen) atoms. The average Bonchev–Trinajstić information content (AvgIpc) is 2.54. The Kier molecular flexibility index (Phi) is 2.66. The van der Waals surface area contributed by atoms with Crippen molar-refractivity contribution in [2.75, 3.05) is 0 Å². The highest BCUT2D eigenvalue weighted by atomic mass is 35.5. The predicted octanol–water partition coefficient (Wildman–Crippen LogP) is 4.11. The molecular weight excluding hydrogens is 221 g/mol. The van der Waals surface area contributed by atoms with Gasteiger partial charge in [-0.2, -0.15) is 0 Å². The van der Waals surface area contributed by atoms with Crippen LogP contribution in [0, 0.1) is 0 Å². The van der Waals surface area contributed by atoms with Crippen molar-refractivity contribution < 1.29 is 4.74 Å². The molecule has 72 valence electrons. The zero-order valence-electron chi connectivity index (χ0n) is 7.13. The molecule has 0 aliphatic rings. The summed E-state index contributed by atoms with van der Waals surface area (Å²) in [6.07, 6.45) is 1.78. The van der Waals surface area contributed by atoms with Crippen molar-refractivity contribution in [3.05, 3.63) is 46.6 Å². The molecule has 0 aliphatic carbocycles. The lowest BCUT2D eigenvalue weighted by molar-refractivity contribution is 0.466. The van der Waals surface area contributed by atoms with E-state index in [9.17, 15) is 0 Å². The lowest BCUT2D eigenvalue weighted by Crippen LogP contribution is -1.83. The zero-order chi connectivity index (χ0) is 9.97. The largest absolute Gasteiger partial charge is 0.441 e. The average molecular weight is 228 g/mol. The first kappa shape index (κ1) is 9.44. The van der Waals surface area contributed by atoms with E-state index >= 15 is 0 Å². The van der Waals surface area contributed by atoms with Crippen molar-refractivity contribution in [2.24, 2.45) is 0 Å². The number of ether oxygens (including phenoxy) is 1. The van der Waals surface area contributed by atoms with Gasteiger partial charge in [-0.25, -0.2) is 0 Å². The highest BCUT2D eigenvalue weighted by Crippen LogP contribution is 2.27. The van der Waals surface area contributed by atoms with Crippen LogP contribution in [0.15, 0.2) is 36.5 Å². The number of halogens is 2. The first-order valence-corrected chi connectivity index (χ1v) is 4.77. The Morgan fingerprint density at radius 2 is 1.79 bits per heavy atom. The second-order valence-corrected chi connectivity index (χ2v) is 3.61. The lowest BCUT2D eigenvalue weighted by Gasteiger charge is -2.03. The highest BCUT2D eigenvalue weighted by Gasteiger charge is 2.00. The molecule has 1 heterocycles. The molecule has 1 N–H and O–H groups in total. The summed E-state index contributed by atoms with van der Waals surface area (Å²) in [6, 6.07) is 8.73. The maximum absolute atomic E-state index is 5.82. The SMILES string of the molecule is Clc1cc(Cl)cc(Oc2ccc[nH]2)c1. The Morgan fingerprint density at radius 3 is 2.36 bits per heavy atom. The molecule has 0 unspecified atom stereocenters. The third kappa shape index (κ3) is 2.22. The van der Waals surface area contributed by atoms with Gasteiger partial charge in [-0.05, 0) is 24.3 Å². The van der Waals surface area contributed by atoms with Crippen molar-refractivity contribution in [1.29, 1.82) is 0 Å². The van der Waals surface area contributed by atoms with Gasteiger partial charge in [-0.1, -0.05) is 23.2 Å². The van der Waals surface area contributed by atoms with Crippen LogP contribution in [-0.4, -0.2) is 4.98 Å². The summed E-state index contributed by atoms with van der Waals surface area (Å²) < 4.78 is 5.46. The number of nitrogens with one attached hydrogen (secondary N) is 1. The van der Waals surface area contributed by atoms with Crippen molar-refractivity contribution in [3.63, 3.8) is 0 Å². The lowest BCUT2D eigenvalue weighted by atomic mass is 10.3. The van der Waals surface area contributed by atoms with E-state index in [0.717, 1.165) is 0 Å². The van der Waals surface area contributed by atoms with Gasteiger partial charge in [-0.3, -0.25) is 0 Å². The summed E-state index contributed by atoms with van der Waals surface area (Å²) in [5.41, 5.74) is 0. The van der Waals surface area contributed by atoms with E-state index in [4.69, 9.17) is 27.9 Å². The quantitative estimate of drug-likeness (QED) is 0.821. The van der Waals surface area contributed by atoms with Crippen molar-refractivity contribution in [3.8, 4) is 11.6 Å². The fraction of sp³-hybridized carbons (Fsp3) is 0. The van der Waals surface area contributed by atoms with Crippen LogP contribution in [0.25, 0.3) is 0 Å². The fourth-order valence-corrected chi connectivity index (χ4v) is 1.60. The van der Waals surface area contributed by atoms with E-state index in [0.29, 0.717) is 21.7 Å². The Hall–Kier alpha value is -1.12. The molecule has 0 aliphatic heterocycles. The number of H-pyrrole nitrogens is 1. The Morgan fingerprint density at radius 1 is 1.07 bits per heavy atom. The highest BCUT2D eigenvalue weighted by molar-refractivity contribution is 6.34. The molecule has 2 aromatic rings. The van der Waals surface area contributed by atoms with Crippen LogP contribution in [0.3, 0.4) is 0 Å². The standard InChI is InChI=1S/C10H7Cl2NO/c11-7-4-8(12)6-9(5-7)14-10-2-1-3-13-10/h1-6,13H. The van der Waals surface area contributed by atoms with Crippen LogP contribution in [0.5, 0.6) is 11.6 Å². The molecule has 0 fully saturated rings. The molecular formula is C10H7Cl2NO. The first-order chi connectivity index (χ1) is 6.74. The molecule has 0 amide bonds. The van der Waals surface area contributed by atoms with Crippen molar-refractivity contribution in [1.82, 2.24) is 4.98 Å². The molecule has 0 spiro atoms. The number of aromatic amines is 1.